The third-order valence-corrected chi connectivity index (χ3v) is 3.09. The molecule has 120 valence electrons. The quantitative estimate of drug-likeness (QED) is 0.748. The lowest BCUT2D eigenvalue weighted by molar-refractivity contribution is -0.139. The number of hydrogen-bond donors (Lipinski definition) is 3. The molecule has 0 saturated carbocycles. The highest BCUT2D eigenvalue weighted by molar-refractivity contribution is 5.80. The Morgan fingerprint density at radius 1 is 1.09 bits per heavy atom. The molecule has 0 aliphatic rings. The smallest absolute Gasteiger partial charge is 0.408 e. The Kier molecular flexibility index (Phi) is 5.51. The van der Waals surface area contributed by atoms with Gasteiger partial charge in [0.25, 0.3) is 0 Å². The van der Waals surface area contributed by atoms with E-state index in [9.17, 15) is 19.8 Å². The minimum Gasteiger partial charge on any atom is -0.508 e. The second kappa shape index (κ2) is 7.79. The van der Waals surface area contributed by atoms with Crippen molar-refractivity contribution in [2.45, 2.75) is 19.1 Å². The summed E-state index contributed by atoms with van der Waals surface area (Å²) in [6, 6.07) is 8.36. The average Bonchev–Trinajstić information content (AvgIpc) is 2.55. The normalized spacial score (nSPS) is 11.5. The molecule has 2 rings (SSSR count). The molecule has 1 aromatic carbocycles. The first kappa shape index (κ1) is 16.3. The number of aromatic hydroxyl groups is 1. The van der Waals surface area contributed by atoms with Crippen LogP contribution < -0.4 is 5.32 Å². The molecular weight excluding hydrogens is 300 g/mol. The van der Waals surface area contributed by atoms with Crippen LogP contribution in [-0.2, 0) is 22.6 Å². The number of phenolic OH excluding ortho intramolecular Hbond substituents is 1. The van der Waals surface area contributed by atoms with Gasteiger partial charge in [0, 0.05) is 18.8 Å². The maximum absolute atomic E-state index is 11.7. The zero-order valence-corrected chi connectivity index (χ0v) is 12.2. The van der Waals surface area contributed by atoms with Crippen molar-refractivity contribution in [1.82, 2.24) is 10.3 Å². The van der Waals surface area contributed by atoms with Crippen molar-refractivity contribution in [3.63, 3.8) is 0 Å². The number of ether oxygens (including phenoxy) is 1. The largest absolute Gasteiger partial charge is 0.508 e. The maximum atomic E-state index is 11.7. The van der Waals surface area contributed by atoms with Gasteiger partial charge in [0.2, 0.25) is 0 Å². The number of aromatic nitrogens is 1. The number of carboxylic acids is 1. The van der Waals surface area contributed by atoms with Crippen molar-refractivity contribution in [1.29, 1.82) is 0 Å². The summed E-state index contributed by atoms with van der Waals surface area (Å²) in [6.07, 6.45) is 2.41. The molecule has 7 nitrogen and oxygen atoms in total. The van der Waals surface area contributed by atoms with Gasteiger partial charge in [-0.3, -0.25) is 4.98 Å². The molecule has 1 amide bonds. The van der Waals surface area contributed by atoms with Crippen LogP contribution in [0.5, 0.6) is 5.75 Å². The van der Waals surface area contributed by atoms with Gasteiger partial charge in [-0.05, 0) is 35.4 Å². The fourth-order valence-electron chi connectivity index (χ4n) is 1.88. The van der Waals surface area contributed by atoms with Crippen molar-refractivity contribution < 1.29 is 24.5 Å². The number of carboxylic acid groups (broad SMARTS) is 1. The van der Waals surface area contributed by atoms with E-state index in [0.29, 0.717) is 5.56 Å². The molecule has 0 bridgehead atoms. The number of carbonyl (C=O) groups is 2. The first-order valence-electron chi connectivity index (χ1n) is 6.87. The number of nitrogens with one attached hydrogen (secondary N) is 1. The molecule has 1 atom stereocenters. The lowest BCUT2D eigenvalue weighted by Gasteiger charge is -2.14. The summed E-state index contributed by atoms with van der Waals surface area (Å²) in [5.74, 6) is -1.08. The minimum absolute atomic E-state index is 0.0277. The van der Waals surface area contributed by atoms with Gasteiger partial charge in [0.15, 0.2) is 0 Å². The van der Waals surface area contributed by atoms with E-state index in [1.807, 2.05) is 0 Å². The number of alkyl carbamates (subject to hydrolysis) is 1. The summed E-state index contributed by atoms with van der Waals surface area (Å²) in [5, 5.41) is 20.7. The van der Waals surface area contributed by atoms with Gasteiger partial charge in [-0.25, -0.2) is 9.59 Å². The highest BCUT2D eigenvalue weighted by Crippen LogP contribution is 2.11. The molecule has 1 aromatic heterocycles. The fourth-order valence-corrected chi connectivity index (χ4v) is 1.88. The second-order valence-electron chi connectivity index (χ2n) is 4.84. The maximum Gasteiger partial charge on any atom is 0.408 e. The summed E-state index contributed by atoms with van der Waals surface area (Å²) in [7, 11) is 0. The number of hydrogen-bond acceptors (Lipinski definition) is 5. The van der Waals surface area contributed by atoms with Crippen LogP contribution in [0.3, 0.4) is 0 Å². The van der Waals surface area contributed by atoms with Crippen LogP contribution in [-0.4, -0.2) is 33.3 Å². The van der Waals surface area contributed by atoms with Gasteiger partial charge in [0.05, 0.1) is 0 Å². The van der Waals surface area contributed by atoms with Gasteiger partial charge in [0.1, 0.15) is 18.4 Å². The Labute approximate surface area is 132 Å². The van der Waals surface area contributed by atoms with Gasteiger partial charge >= 0.3 is 12.1 Å². The highest BCUT2D eigenvalue weighted by Gasteiger charge is 2.21. The van der Waals surface area contributed by atoms with E-state index < -0.39 is 18.1 Å². The van der Waals surface area contributed by atoms with E-state index in [0.717, 1.165) is 5.56 Å². The predicted molar refractivity (Wildman–Crippen MR) is 80.8 cm³/mol. The van der Waals surface area contributed by atoms with Crippen molar-refractivity contribution in [3.05, 3.63) is 59.9 Å². The van der Waals surface area contributed by atoms with Crippen molar-refractivity contribution in [2.75, 3.05) is 0 Å². The lowest BCUT2D eigenvalue weighted by atomic mass is 10.1. The van der Waals surface area contributed by atoms with Crippen LogP contribution in [0.4, 0.5) is 4.79 Å². The SMILES string of the molecule is O=C(N[C@@H](Cc1ccc(O)cc1)C(=O)O)OCc1ccncc1. The molecule has 0 aliphatic carbocycles. The zero-order valence-electron chi connectivity index (χ0n) is 12.2. The van der Waals surface area contributed by atoms with Crippen LogP contribution in [0.25, 0.3) is 0 Å². The molecule has 2 aromatic rings. The number of nitrogens with zero attached hydrogens (tertiary/aromatic N) is 1. The molecular formula is C16H16N2O5. The average molecular weight is 316 g/mol. The minimum atomic E-state index is -1.17. The molecule has 0 unspecified atom stereocenters. The van der Waals surface area contributed by atoms with Gasteiger partial charge in [-0.1, -0.05) is 12.1 Å². The molecule has 0 fully saturated rings. The molecule has 1 heterocycles. The first-order valence-corrected chi connectivity index (χ1v) is 6.87. The van der Waals surface area contributed by atoms with E-state index in [1.165, 1.54) is 12.1 Å². The van der Waals surface area contributed by atoms with E-state index in [2.05, 4.69) is 10.3 Å². The molecule has 0 spiro atoms. The second-order valence-corrected chi connectivity index (χ2v) is 4.84. The zero-order chi connectivity index (χ0) is 16.7. The van der Waals surface area contributed by atoms with Crippen molar-refractivity contribution in [3.8, 4) is 5.75 Å². The number of phenols is 1. The monoisotopic (exact) mass is 316 g/mol. The lowest BCUT2D eigenvalue weighted by Crippen LogP contribution is -2.42. The molecule has 3 N–H and O–H groups in total. The fraction of sp³-hybridized carbons (Fsp3) is 0.188. The summed E-state index contributed by atoms with van der Waals surface area (Å²) in [6.45, 7) is 0.0277. The standard InChI is InChI=1S/C16H16N2O5/c19-13-3-1-11(2-4-13)9-14(15(20)21)18-16(22)23-10-12-5-7-17-8-6-12/h1-8,14,19H,9-10H2,(H,18,22)(H,20,21)/t14-/m0/s1. The van der Waals surface area contributed by atoms with E-state index in [-0.39, 0.29) is 18.8 Å². The summed E-state index contributed by atoms with van der Waals surface area (Å²) < 4.78 is 4.98. The number of carbonyl (C=O) groups excluding carboxylic acids is 1. The van der Waals surface area contributed by atoms with Crippen molar-refractivity contribution in [2.24, 2.45) is 0 Å². The third-order valence-electron chi connectivity index (χ3n) is 3.09. The summed E-state index contributed by atoms with van der Waals surface area (Å²) in [5.41, 5.74) is 1.42. The van der Waals surface area contributed by atoms with Crippen LogP contribution >= 0.6 is 0 Å². The van der Waals surface area contributed by atoms with Crippen molar-refractivity contribution >= 4 is 12.1 Å². The van der Waals surface area contributed by atoms with Crippen LogP contribution in [0.1, 0.15) is 11.1 Å². The van der Waals surface area contributed by atoms with Crippen LogP contribution in [0.15, 0.2) is 48.8 Å². The Bertz CT molecular complexity index is 658. The number of amides is 1. The molecule has 0 saturated heterocycles. The Morgan fingerprint density at radius 2 is 1.74 bits per heavy atom. The Balaban J connectivity index is 1.89. The number of pyridine rings is 1. The Hall–Kier alpha value is -3.09. The molecule has 0 radical (unpaired) electrons. The van der Waals surface area contributed by atoms with E-state index in [1.54, 1.807) is 36.7 Å². The van der Waals surface area contributed by atoms with Gasteiger partial charge in [-0.15, -0.1) is 0 Å². The number of benzene rings is 1. The summed E-state index contributed by atoms with van der Waals surface area (Å²) in [4.78, 5) is 26.8. The Morgan fingerprint density at radius 3 is 2.35 bits per heavy atom. The van der Waals surface area contributed by atoms with E-state index >= 15 is 0 Å². The molecule has 23 heavy (non-hydrogen) atoms. The van der Waals surface area contributed by atoms with Gasteiger partial charge in [-0.2, -0.15) is 0 Å². The first-order chi connectivity index (χ1) is 11.0. The number of rotatable bonds is 6. The van der Waals surface area contributed by atoms with Crippen LogP contribution in [0, 0.1) is 0 Å². The topological polar surface area (TPSA) is 109 Å². The molecule has 0 aliphatic heterocycles. The van der Waals surface area contributed by atoms with E-state index in [4.69, 9.17) is 4.74 Å². The molecule has 7 heteroatoms. The summed E-state index contributed by atoms with van der Waals surface area (Å²) >= 11 is 0. The number of aliphatic carboxylic acids is 1. The van der Waals surface area contributed by atoms with Gasteiger partial charge < -0.3 is 20.3 Å². The van der Waals surface area contributed by atoms with Crippen LogP contribution in [0.2, 0.25) is 0 Å². The third kappa shape index (κ3) is 5.31. The predicted octanol–water partition coefficient (Wildman–Crippen LogP) is 1.71. The highest BCUT2D eigenvalue weighted by atomic mass is 16.5.